The van der Waals surface area contributed by atoms with Gasteiger partial charge >= 0.3 is 0 Å². The van der Waals surface area contributed by atoms with E-state index in [0.29, 0.717) is 10.8 Å². The number of fused-ring (bicyclic) bond motifs is 1. The molecule has 0 bridgehead atoms. The fourth-order valence-electron chi connectivity index (χ4n) is 3.80. The average Bonchev–Trinajstić information content (AvgIpc) is 2.90. The van der Waals surface area contributed by atoms with Crippen molar-refractivity contribution in [1.82, 2.24) is 9.62 Å². The maximum atomic E-state index is 13.5. The molecular formula is C26H28ClN3O7S2. The van der Waals surface area contributed by atoms with Gasteiger partial charge in [0.05, 0.1) is 28.6 Å². The maximum absolute atomic E-state index is 13.5. The molecule has 1 N–H and O–H groups in total. The molecule has 0 spiro atoms. The molecule has 0 saturated carbocycles. The molecule has 1 aliphatic rings. The molecule has 1 aliphatic heterocycles. The number of carbonyl (C=O) groups is 1. The van der Waals surface area contributed by atoms with Crippen molar-refractivity contribution < 1.29 is 31.1 Å². The van der Waals surface area contributed by atoms with E-state index >= 15 is 0 Å². The van der Waals surface area contributed by atoms with Crippen LogP contribution in [0.25, 0.3) is 0 Å². The molecule has 1 heterocycles. The highest BCUT2D eigenvalue weighted by Gasteiger charge is 2.37. The number of halogens is 1. The van der Waals surface area contributed by atoms with Crippen molar-refractivity contribution in [2.24, 2.45) is 0 Å². The number of sulfonamides is 2. The molecular weight excluding hydrogens is 566 g/mol. The van der Waals surface area contributed by atoms with Crippen LogP contribution in [0.2, 0.25) is 5.02 Å². The Kier molecular flexibility index (Phi) is 8.40. The van der Waals surface area contributed by atoms with Gasteiger partial charge in [-0.1, -0.05) is 29.3 Å². The molecule has 0 radical (unpaired) electrons. The van der Waals surface area contributed by atoms with Gasteiger partial charge in [0, 0.05) is 19.1 Å². The van der Waals surface area contributed by atoms with Crippen molar-refractivity contribution in [2.45, 2.75) is 22.8 Å². The quantitative estimate of drug-likeness (QED) is 0.378. The Morgan fingerprint density at radius 3 is 2.31 bits per heavy atom. The van der Waals surface area contributed by atoms with Gasteiger partial charge in [-0.15, -0.1) is 0 Å². The second-order valence-electron chi connectivity index (χ2n) is 8.97. The minimum Gasteiger partial charge on any atom is -0.492 e. The van der Waals surface area contributed by atoms with E-state index in [2.05, 4.69) is 5.32 Å². The molecule has 3 aromatic rings. The summed E-state index contributed by atoms with van der Waals surface area (Å²) in [6.45, 7) is 1.80. The number of hydrogen-bond acceptors (Lipinski definition) is 7. The van der Waals surface area contributed by atoms with E-state index in [0.717, 1.165) is 14.2 Å². The first-order valence-electron chi connectivity index (χ1n) is 11.9. The van der Waals surface area contributed by atoms with Crippen molar-refractivity contribution in [3.63, 3.8) is 0 Å². The summed E-state index contributed by atoms with van der Waals surface area (Å²) in [7, 11) is -4.66. The van der Waals surface area contributed by atoms with Crippen LogP contribution in [0.1, 0.15) is 5.56 Å². The summed E-state index contributed by atoms with van der Waals surface area (Å²) in [6, 6.07) is 16.9. The van der Waals surface area contributed by atoms with E-state index in [4.69, 9.17) is 21.1 Å². The summed E-state index contributed by atoms with van der Waals surface area (Å²) in [5, 5.41) is 3.02. The number of amides is 1. The van der Waals surface area contributed by atoms with Crippen LogP contribution < -0.4 is 19.1 Å². The topological polar surface area (TPSA) is 122 Å². The third-order valence-corrected chi connectivity index (χ3v) is 9.82. The Morgan fingerprint density at radius 2 is 1.67 bits per heavy atom. The highest BCUT2D eigenvalue weighted by Crippen LogP contribution is 2.38. The zero-order valence-electron chi connectivity index (χ0n) is 21.5. The van der Waals surface area contributed by atoms with E-state index in [1.165, 1.54) is 62.6 Å². The molecule has 1 amide bonds. The summed E-state index contributed by atoms with van der Waals surface area (Å²) >= 11 is 6.14. The van der Waals surface area contributed by atoms with Gasteiger partial charge in [0.1, 0.15) is 18.1 Å². The molecule has 208 valence electrons. The zero-order valence-corrected chi connectivity index (χ0v) is 23.9. The van der Waals surface area contributed by atoms with E-state index in [1.807, 2.05) is 6.92 Å². The summed E-state index contributed by atoms with van der Waals surface area (Å²) < 4.78 is 65.1. The lowest BCUT2D eigenvalue weighted by Gasteiger charge is -2.34. The normalized spacial score (nSPS) is 15.4. The highest BCUT2D eigenvalue weighted by atomic mass is 35.5. The Balaban J connectivity index is 1.42. The Hall–Kier alpha value is -3.32. The van der Waals surface area contributed by atoms with Crippen molar-refractivity contribution in [3.8, 4) is 11.5 Å². The SMILES string of the molecule is Cc1ccc(S(=O)(=O)N2C[C@@H](C(=O)NCCOc3ccc(S(=O)(=O)N(C)C)cc3)Oc3ccc(Cl)cc32)cc1. The van der Waals surface area contributed by atoms with Gasteiger partial charge in [0.25, 0.3) is 15.9 Å². The third-order valence-electron chi connectivity index (χ3n) is 5.96. The molecule has 13 heteroatoms. The molecule has 10 nitrogen and oxygen atoms in total. The highest BCUT2D eigenvalue weighted by molar-refractivity contribution is 7.92. The predicted molar refractivity (Wildman–Crippen MR) is 147 cm³/mol. The van der Waals surface area contributed by atoms with Crippen LogP contribution in [0.3, 0.4) is 0 Å². The fraction of sp³-hybridized carbons (Fsp3) is 0.269. The predicted octanol–water partition coefficient (Wildman–Crippen LogP) is 3.05. The van der Waals surface area contributed by atoms with Crippen LogP contribution in [0, 0.1) is 6.92 Å². The first-order chi connectivity index (χ1) is 18.4. The number of hydrogen-bond donors (Lipinski definition) is 1. The monoisotopic (exact) mass is 593 g/mol. The van der Waals surface area contributed by atoms with Crippen molar-refractivity contribution in [2.75, 3.05) is 38.1 Å². The van der Waals surface area contributed by atoms with Crippen molar-refractivity contribution in [1.29, 1.82) is 0 Å². The van der Waals surface area contributed by atoms with E-state index < -0.39 is 32.1 Å². The summed E-state index contributed by atoms with van der Waals surface area (Å²) in [6.07, 6.45) is -1.12. The fourth-order valence-corrected chi connectivity index (χ4v) is 6.34. The molecule has 0 aliphatic carbocycles. The largest absolute Gasteiger partial charge is 0.492 e. The number of nitrogens with one attached hydrogen (secondary N) is 1. The van der Waals surface area contributed by atoms with E-state index in [1.54, 1.807) is 18.2 Å². The van der Waals surface area contributed by atoms with Crippen molar-refractivity contribution in [3.05, 3.63) is 77.3 Å². The van der Waals surface area contributed by atoms with Crippen LogP contribution in [0.4, 0.5) is 5.69 Å². The first kappa shape index (κ1) is 28.7. The Morgan fingerprint density at radius 1 is 1.03 bits per heavy atom. The standard InChI is InChI=1S/C26H28ClN3O7S2/c1-18-4-9-22(10-5-18)39(34,35)30-17-25(37-24-13-6-19(27)16-23(24)30)26(31)28-14-15-36-20-7-11-21(12-8-20)38(32,33)29(2)3/h4-13,16,25H,14-15,17H2,1-3H3,(H,28,31)/t25-/m0/s1. The molecule has 0 saturated heterocycles. The molecule has 0 unspecified atom stereocenters. The second kappa shape index (κ2) is 11.4. The van der Waals surface area contributed by atoms with E-state index in [9.17, 15) is 21.6 Å². The number of anilines is 1. The number of nitrogens with zero attached hydrogens (tertiary/aromatic N) is 2. The summed E-state index contributed by atoms with van der Waals surface area (Å²) in [5.74, 6) is 0.123. The van der Waals surface area contributed by atoms with Crippen LogP contribution in [0.5, 0.6) is 11.5 Å². The lowest BCUT2D eigenvalue weighted by Crippen LogP contribution is -2.51. The van der Waals surface area contributed by atoms with Gasteiger partial charge in [-0.2, -0.15) is 0 Å². The van der Waals surface area contributed by atoms with Gasteiger partial charge in [-0.25, -0.2) is 21.1 Å². The lowest BCUT2D eigenvalue weighted by atomic mass is 10.2. The van der Waals surface area contributed by atoms with Gasteiger partial charge in [0.2, 0.25) is 10.0 Å². The summed E-state index contributed by atoms with van der Waals surface area (Å²) in [4.78, 5) is 13.2. The molecule has 0 aromatic heterocycles. The number of rotatable bonds is 9. The van der Waals surface area contributed by atoms with Gasteiger partial charge in [0.15, 0.2) is 6.10 Å². The average molecular weight is 594 g/mol. The molecule has 0 fully saturated rings. The Bertz CT molecular complexity index is 1560. The number of benzene rings is 3. The van der Waals surface area contributed by atoms with Gasteiger partial charge < -0.3 is 14.8 Å². The zero-order chi connectivity index (χ0) is 28.4. The van der Waals surface area contributed by atoms with Gasteiger partial charge in [-0.3, -0.25) is 9.10 Å². The van der Waals surface area contributed by atoms with E-state index in [-0.39, 0.29) is 40.9 Å². The van der Waals surface area contributed by atoms with Gasteiger partial charge in [-0.05, 0) is 61.5 Å². The van der Waals surface area contributed by atoms with Crippen LogP contribution in [-0.2, 0) is 24.8 Å². The van der Waals surface area contributed by atoms with Crippen LogP contribution in [0.15, 0.2) is 76.5 Å². The first-order valence-corrected chi connectivity index (χ1v) is 15.1. The molecule has 1 atom stereocenters. The minimum atomic E-state index is -4.01. The number of carbonyl (C=O) groups excluding carboxylic acids is 1. The maximum Gasteiger partial charge on any atom is 0.264 e. The number of aryl methyl sites for hydroxylation is 1. The third kappa shape index (κ3) is 6.30. The second-order valence-corrected chi connectivity index (χ2v) is 13.4. The minimum absolute atomic E-state index is 0.0814. The smallest absolute Gasteiger partial charge is 0.264 e. The molecule has 4 rings (SSSR count). The van der Waals surface area contributed by atoms with Crippen LogP contribution in [-0.4, -0.2) is 66.9 Å². The Labute approximate surface area is 233 Å². The molecule has 39 heavy (non-hydrogen) atoms. The summed E-state index contributed by atoms with van der Waals surface area (Å²) in [5.41, 5.74) is 1.16. The molecule has 3 aromatic carbocycles. The lowest BCUT2D eigenvalue weighted by molar-refractivity contribution is -0.127. The van der Waals surface area contributed by atoms with Crippen molar-refractivity contribution >= 4 is 43.2 Å². The van der Waals surface area contributed by atoms with Crippen LogP contribution >= 0.6 is 11.6 Å². The number of ether oxygens (including phenoxy) is 2.